The third-order valence-corrected chi connectivity index (χ3v) is 13.7. The highest BCUT2D eigenvalue weighted by atomic mass is 15.0. The summed E-state index contributed by atoms with van der Waals surface area (Å²) in [5.74, 6) is 1.84. The van der Waals surface area contributed by atoms with E-state index < -0.39 is 0 Å². The van der Waals surface area contributed by atoms with Gasteiger partial charge in [0.15, 0.2) is 17.5 Å². The first kappa shape index (κ1) is 38.1. The van der Waals surface area contributed by atoms with Gasteiger partial charge in [0.05, 0.1) is 27.8 Å². The Morgan fingerprint density at radius 2 is 0.853 bits per heavy atom. The molecule has 316 valence electrons. The summed E-state index contributed by atoms with van der Waals surface area (Å²) in [5.41, 5.74) is 11.6. The number of hydrogen-bond acceptors (Lipinski definition) is 3. The fraction of sp³-hybridized carbons (Fsp3) is 0. The lowest BCUT2D eigenvalue weighted by atomic mass is 9.97. The molecule has 0 saturated carbocycles. The van der Waals surface area contributed by atoms with Crippen molar-refractivity contribution in [2.24, 2.45) is 0 Å². The van der Waals surface area contributed by atoms with Crippen LogP contribution >= 0.6 is 0 Å². The molecule has 14 rings (SSSR count). The summed E-state index contributed by atoms with van der Waals surface area (Å²) >= 11 is 0. The van der Waals surface area contributed by atoms with Gasteiger partial charge in [0.1, 0.15) is 0 Å². The molecular weight excluding hydrogens is 827 g/mol. The Labute approximate surface area is 391 Å². The van der Waals surface area contributed by atoms with Crippen molar-refractivity contribution < 1.29 is 0 Å². The molecule has 0 unspecified atom stereocenters. The zero-order chi connectivity index (χ0) is 44.7. The van der Waals surface area contributed by atoms with Crippen LogP contribution in [0.1, 0.15) is 0 Å². The van der Waals surface area contributed by atoms with Gasteiger partial charge < -0.3 is 9.13 Å². The molecule has 14 aromatic rings. The Balaban J connectivity index is 1.05. The molecule has 0 spiro atoms. The van der Waals surface area contributed by atoms with E-state index in [0.717, 1.165) is 72.0 Å². The van der Waals surface area contributed by atoms with Crippen LogP contribution in [0.25, 0.3) is 133 Å². The largest absolute Gasteiger partial charge is 0.309 e. The topological polar surface area (TPSA) is 48.5 Å². The van der Waals surface area contributed by atoms with Crippen LogP contribution in [0.5, 0.6) is 0 Å². The molecule has 0 radical (unpaired) electrons. The lowest BCUT2D eigenvalue weighted by Crippen LogP contribution is -2.02. The van der Waals surface area contributed by atoms with Crippen LogP contribution in [0.15, 0.2) is 237 Å². The first-order valence-corrected chi connectivity index (χ1v) is 23.1. The van der Waals surface area contributed by atoms with Gasteiger partial charge in [-0.3, -0.25) is 0 Å². The molecule has 0 aliphatic heterocycles. The zero-order valence-electron chi connectivity index (χ0n) is 36.8. The fourth-order valence-corrected chi connectivity index (χ4v) is 10.6. The van der Waals surface area contributed by atoms with Crippen LogP contribution in [0.2, 0.25) is 0 Å². The van der Waals surface area contributed by atoms with Crippen molar-refractivity contribution in [2.75, 3.05) is 0 Å². The number of para-hydroxylation sites is 2. The average Bonchev–Trinajstić information content (AvgIpc) is 3.93. The van der Waals surface area contributed by atoms with Gasteiger partial charge in [-0.15, -0.1) is 0 Å². The van der Waals surface area contributed by atoms with Gasteiger partial charge in [-0.25, -0.2) is 15.0 Å². The van der Waals surface area contributed by atoms with Crippen LogP contribution in [0, 0.1) is 0 Å². The molecule has 0 atom stereocenters. The second kappa shape index (κ2) is 15.2. The molecule has 0 saturated heterocycles. The van der Waals surface area contributed by atoms with Crippen LogP contribution < -0.4 is 0 Å². The Hall–Kier alpha value is -9.19. The molecule has 5 heteroatoms. The van der Waals surface area contributed by atoms with Gasteiger partial charge in [-0.05, 0) is 105 Å². The second-order valence-corrected chi connectivity index (χ2v) is 17.6. The highest BCUT2D eigenvalue weighted by molar-refractivity contribution is 6.23. The van der Waals surface area contributed by atoms with Crippen molar-refractivity contribution in [3.8, 4) is 56.7 Å². The third kappa shape index (κ3) is 5.99. The van der Waals surface area contributed by atoms with E-state index in [9.17, 15) is 0 Å². The molecule has 3 aromatic heterocycles. The summed E-state index contributed by atoms with van der Waals surface area (Å²) in [5, 5.41) is 12.0. The maximum Gasteiger partial charge on any atom is 0.164 e. The average molecular weight is 866 g/mol. The molecule has 5 nitrogen and oxygen atoms in total. The van der Waals surface area contributed by atoms with Gasteiger partial charge in [-0.1, -0.05) is 170 Å². The van der Waals surface area contributed by atoms with Crippen molar-refractivity contribution in [1.29, 1.82) is 0 Å². The van der Waals surface area contributed by atoms with Crippen LogP contribution in [-0.2, 0) is 0 Å². The predicted octanol–water partition coefficient (Wildman–Crippen LogP) is 16.2. The lowest BCUT2D eigenvalue weighted by molar-refractivity contribution is 1.07. The number of aromatic nitrogens is 5. The minimum atomic E-state index is 0.602. The first-order valence-electron chi connectivity index (χ1n) is 23.1. The van der Waals surface area contributed by atoms with Crippen molar-refractivity contribution in [1.82, 2.24) is 24.1 Å². The highest BCUT2D eigenvalue weighted by Crippen LogP contribution is 2.43. The van der Waals surface area contributed by atoms with Gasteiger partial charge in [0, 0.05) is 49.5 Å². The van der Waals surface area contributed by atoms with Gasteiger partial charge >= 0.3 is 0 Å². The maximum absolute atomic E-state index is 5.45. The summed E-state index contributed by atoms with van der Waals surface area (Å²) in [7, 11) is 0. The van der Waals surface area contributed by atoms with Crippen molar-refractivity contribution in [3.63, 3.8) is 0 Å². The zero-order valence-corrected chi connectivity index (χ0v) is 36.8. The fourth-order valence-electron chi connectivity index (χ4n) is 10.6. The van der Waals surface area contributed by atoms with E-state index in [-0.39, 0.29) is 0 Å². The molecule has 0 N–H and O–H groups in total. The minimum absolute atomic E-state index is 0.602. The van der Waals surface area contributed by atoms with Crippen molar-refractivity contribution in [3.05, 3.63) is 237 Å². The van der Waals surface area contributed by atoms with Crippen molar-refractivity contribution in [2.45, 2.75) is 0 Å². The lowest BCUT2D eigenvalue weighted by Gasteiger charge is -2.17. The van der Waals surface area contributed by atoms with Crippen LogP contribution in [0.4, 0.5) is 0 Å². The van der Waals surface area contributed by atoms with Gasteiger partial charge in [0.2, 0.25) is 0 Å². The summed E-state index contributed by atoms with van der Waals surface area (Å²) in [6.45, 7) is 0. The molecule has 3 heterocycles. The Morgan fingerprint density at radius 1 is 0.265 bits per heavy atom. The highest BCUT2D eigenvalue weighted by Gasteiger charge is 2.23. The van der Waals surface area contributed by atoms with E-state index in [1.54, 1.807) is 0 Å². The predicted molar refractivity (Wildman–Crippen MR) is 283 cm³/mol. The molecule has 68 heavy (non-hydrogen) atoms. The number of fused-ring (bicyclic) bond motifs is 10. The number of rotatable bonds is 6. The van der Waals surface area contributed by atoms with Gasteiger partial charge in [0.25, 0.3) is 0 Å². The SMILES string of the molecule is c1ccc(-c2nc(-c3ccc(-n4c5cc6ccccc6cc5c5c6ccccc6ccc54)c(-c4ccc5ccccc5c4)c3)nc(-c3cccc4c3c3ccccc3n4-c3ccccc3)n2)cc1. The van der Waals surface area contributed by atoms with Gasteiger partial charge in [-0.2, -0.15) is 0 Å². The maximum atomic E-state index is 5.45. The molecule has 0 aliphatic carbocycles. The molecule has 0 amide bonds. The van der Waals surface area contributed by atoms with Crippen LogP contribution in [0.3, 0.4) is 0 Å². The van der Waals surface area contributed by atoms with E-state index in [4.69, 9.17) is 15.0 Å². The number of nitrogens with zero attached hydrogens (tertiary/aromatic N) is 5. The molecular formula is C63H39N5. The Morgan fingerprint density at radius 3 is 1.66 bits per heavy atom. The molecule has 0 bridgehead atoms. The van der Waals surface area contributed by atoms with E-state index in [1.165, 1.54) is 43.1 Å². The smallest absolute Gasteiger partial charge is 0.164 e. The number of benzene rings is 11. The summed E-state index contributed by atoms with van der Waals surface area (Å²) < 4.78 is 4.80. The monoisotopic (exact) mass is 865 g/mol. The summed E-state index contributed by atoms with van der Waals surface area (Å²) in [6.07, 6.45) is 0. The third-order valence-electron chi connectivity index (χ3n) is 13.7. The quantitative estimate of drug-likeness (QED) is 0.167. The van der Waals surface area contributed by atoms with Crippen LogP contribution in [-0.4, -0.2) is 24.1 Å². The standard InChI is InChI=1S/C63H39N5/c1-3-18-42(19-4-1)61-64-62(66-63(65-61)51-27-15-29-56-60(51)50-26-13-14-28-54(50)67(56)48-23-5-2-6-24-48)47-33-34-55(52(38-47)46-31-30-40-16-7-8-20-43(40)36-46)68-57-35-32-41-17-11-12-25-49(41)59(57)53-37-44-21-9-10-22-45(44)39-58(53)68/h1-39H. The normalized spacial score (nSPS) is 11.8. The van der Waals surface area contributed by atoms with E-state index >= 15 is 0 Å². The summed E-state index contributed by atoms with van der Waals surface area (Å²) in [4.78, 5) is 16.0. The van der Waals surface area contributed by atoms with Crippen molar-refractivity contribution >= 4 is 75.9 Å². The minimum Gasteiger partial charge on any atom is -0.309 e. The second-order valence-electron chi connectivity index (χ2n) is 17.6. The Kier molecular flexibility index (Phi) is 8.52. The Bertz CT molecular complexity index is 4320. The first-order chi connectivity index (χ1) is 33.7. The molecule has 0 fully saturated rings. The molecule has 0 aliphatic rings. The summed E-state index contributed by atoms with van der Waals surface area (Å²) in [6, 6.07) is 84.7. The number of hydrogen-bond donors (Lipinski definition) is 0. The van der Waals surface area contributed by atoms with E-state index in [1.807, 2.05) is 18.2 Å². The van der Waals surface area contributed by atoms with E-state index in [2.05, 4.69) is 228 Å². The molecule has 11 aromatic carbocycles. The van der Waals surface area contributed by atoms with E-state index in [0.29, 0.717) is 17.5 Å².